The second kappa shape index (κ2) is 11.7. The third-order valence-corrected chi connectivity index (χ3v) is 6.74. The zero-order chi connectivity index (χ0) is 26.6. The van der Waals surface area contributed by atoms with Crippen LogP contribution in [-0.2, 0) is 11.3 Å². The molecule has 1 aromatic heterocycles. The maximum Gasteiger partial charge on any atom is 0.259 e. The van der Waals surface area contributed by atoms with Crippen molar-refractivity contribution in [1.29, 1.82) is 0 Å². The van der Waals surface area contributed by atoms with E-state index in [4.69, 9.17) is 16.3 Å². The van der Waals surface area contributed by atoms with Crippen molar-refractivity contribution in [2.45, 2.75) is 58.5 Å². The van der Waals surface area contributed by atoms with Gasteiger partial charge in [0.15, 0.2) is 0 Å². The number of nitrogens with one attached hydrogen (secondary N) is 1. The summed E-state index contributed by atoms with van der Waals surface area (Å²) in [5.41, 5.74) is 0.257. The van der Waals surface area contributed by atoms with E-state index >= 15 is 0 Å². The average molecular weight is 528 g/mol. The molecule has 0 unspecified atom stereocenters. The number of carbonyl (C=O) groups is 1. The zero-order valence-electron chi connectivity index (χ0n) is 21.8. The van der Waals surface area contributed by atoms with Crippen LogP contribution in [0.25, 0.3) is 22.0 Å². The molecule has 0 bridgehead atoms. The number of amides is 1. The molecule has 2 aromatic carbocycles. The number of nitrogens with zero attached hydrogens (tertiary/aromatic N) is 2. The monoisotopic (exact) mass is 527 g/mol. The Kier molecular flexibility index (Phi) is 8.55. The molecule has 1 N–H and O–H groups in total. The number of piperidine rings is 1. The van der Waals surface area contributed by atoms with Gasteiger partial charge in [-0.05, 0) is 100 Å². The van der Waals surface area contributed by atoms with Gasteiger partial charge in [0.1, 0.15) is 18.1 Å². The van der Waals surface area contributed by atoms with Crippen molar-refractivity contribution in [3.05, 3.63) is 63.7 Å². The van der Waals surface area contributed by atoms with Gasteiger partial charge in [-0.3, -0.25) is 14.2 Å². The van der Waals surface area contributed by atoms with E-state index in [0.29, 0.717) is 34.4 Å². The van der Waals surface area contributed by atoms with Gasteiger partial charge in [0.2, 0.25) is 5.91 Å². The summed E-state index contributed by atoms with van der Waals surface area (Å²) in [6.07, 6.45) is 4.75. The Hall–Kier alpha value is -2.90. The van der Waals surface area contributed by atoms with Gasteiger partial charge in [-0.25, -0.2) is 4.39 Å². The number of carbonyl (C=O) groups excluding carboxylic acids is 1. The lowest BCUT2D eigenvalue weighted by molar-refractivity contribution is -0.123. The largest absolute Gasteiger partial charge is 0.494 e. The summed E-state index contributed by atoms with van der Waals surface area (Å²) in [5, 5.41) is 4.00. The molecule has 8 heteroatoms. The Morgan fingerprint density at radius 2 is 1.84 bits per heavy atom. The second-order valence-electron chi connectivity index (χ2n) is 10.7. The molecular formula is C29H35ClFN3O3. The van der Waals surface area contributed by atoms with Gasteiger partial charge in [0.05, 0.1) is 22.7 Å². The van der Waals surface area contributed by atoms with Crippen molar-refractivity contribution in [2.24, 2.45) is 0 Å². The van der Waals surface area contributed by atoms with Crippen LogP contribution in [-0.4, -0.2) is 47.2 Å². The quantitative estimate of drug-likeness (QED) is 0.386. The summed E-state index contributed by atoms with van der Waals surface area (Å²) in [6, 6.07) is 11.5. The summed E-state index contributed by atoms with van der Waals surface area (Å²) in [4.78, 5) is 29.0. The van der Waals surface area contributed by atoms with Crippen LogP contribution in [0.1, 0.15) is 46.5 Å². The fraction of sp³-hybridized carbons (Fsp3) is 0.448. The SMILES string of the molecule is CC(C)(C)NC(=O)Cn1c(-c2ccc(F)c(Cl)c2)cc2ccc(OCCCN3CCCCC3)cc2c1=O. The van der Waals surface area contributed by atoms with E-state index in [1.165, 1.54) is 36.0 Å². The Bertz CT molecular complexity index is 1330. The number of pyridine rings is 1. The average Bonchev–Trinajstić information content (AvgIpc) is 2.85. The second-order valence-corrected chi connectivity index (χ2v) is 11.1. The number of rotatable bonds is 8. The minimum Gasteiger partial charge on any atom is -0.494 e. The minimum atomic E-state index is -0.548. The lowest BCUT2D eigenvalue weighted by Crippen LogP contribution is -2.43. The molecule has 1 aliphatic heterocycles. The van der Waals surface area contributed by atoms with E-state index in [1.807, 2.05) is 39.0 Å². The molecule has 0 radical (unpaired) electrons. The third kappa shape index (κ3) is 7.11. The molecular weight excluding hydrogens is 493 g/mol. The first-order chi connectivity index (χ1) is 17.6. The molecule has 1 fully saturated rings. The number of likely N-dealkylation sites (tertiary alicyclic amines) is 1. The van der Waals surface area contributed by atoms with E-state index in [-0.39, 0.29) is 23.0 Å². The number of hydrogen-bond donors (Lipinski definition) is 1. The van der Waals surface area contributed by atoms with E-state index in [0.717, 1.165) is 26.1 Å². The first kappa shape index (κ1) is 27.1. The van der Waals surface area contributed by atoms with Gasteiger partial charge >= 0.3 is 0 Å². The molecule has 0 spiro atoms. The number of ether oxygens (including phenoxy) is 1. The highest BCUT2D eigenvalue weighted by Gasteiger charge is 2.19. The molecule has 1 amide bonds. The van der Waals surface area contributed by atoms with Crippen molar-refractivity contribution < 1.29 is 13.9 Å². The third-order valence-electron chi connectivity index (χ3n) is 6.45. The van der Waals surface area contributed by atoms with E-state index in [1.54, 1.807) is 12.1 Å². The van der Waals surface area contributed by atoms with Crippen molar-refractivity contribution in [1.82, 2.24) is 14.8 Å². The number of benzene rings is 2. The van der Waals surface area contributed by atoms with Crippen LogP contribution in [0, 0.1) is 5.82 Å². The number of fused-ring (bicyclic) bond motifs is 1. The predicted molar refractivity (Wildman–Crippen MR) is 147 cm³/mol. The fourth-order valence-corrected chi connectivity index (χ4v) is 4.91. The number of aromatic nitrogens is 1. The normalized spacial score (nSPS) is 14.6. The molecule has 4 rings (SSSR count). The topological polar surface area (TPSA) is 63.6 Å². The van der Waals surface area contributed by atoms with Crippen molar-refractivity contribution in [3.63, 3.8) is 0 Å². The van der Waals surface area contributed by atoms with Crippen molar-refractivity contribution >= 4 is 28.3 Å². The molecule has 3 aromatic rings. The smallest absolute Gasteiger partial charge is 0.259 e. The first-order valence-electron chi connectivity index (χ1n) is 12.9. The van der Waals surface area contributed by atoms with Gasteiger partial charge in [-0.2, -0.15) is 0 Å². The fourth-order valence-electron chi connectivity index (χ4n) is 4.73. The maximum atomic E-state index is 13.8. The lowest BCUT2D eigenvalue weighted by atomic mass is 10.1. The highest BCUT2D eigenvalue weighted by Crippen LogP contribution is 2.28. The van der Waals surface area contributed by atoms with Crippen LogP contribution >= 0.6 is 11.6 Å². The van der Waals surface area contributed by atoms with Crippen LogP contribution in [0.4, 0.5) is 4.39 Å². The van der Waals surface area contributed by atoms with Gasteiger partial charge < -0.3 is 15.0 Å². The van der Waals surface area contributed by atoms with Gasteiger partial charge in [0.25, 0.3) is 5.56 Å². The summed E-state index contributed by atoms with van der Waals surface area (Å²) >= 11 is 6.04. The Balaban J connectivity index is 1.63. The van der Waals surface area contributed by atoms with Gasteiger partial charge in [-0.15, -0.1) is 0 Å². The maximum absolute atomic E-state index is 13.8. The first-order valence-corrected chi connectivity index (χ1v) is 13.3. The molecule has 37 heavy (non-hydrogen) atoms. The van der Waals surface area contributed by atoms with E-state index in [9.17, 15) is 14.0 Å². The lowest BCUT2D eigenvalue weighted by Gasteiger charge is -2.26. The molecule has 198 valence electrons. The highest BCUT2D eigenvalue weighted by atomic mass is 35.5. The summed E-state index contributed by atoms with van der Waals surface area (Å²) in [6.45, 7) is 9.33. The van der Waals surface area contributed by atoms with Gasteiger partial charge in [0, 0.05) is 12.1 Å². The van der Waals surface area contributed by atoms with Crippen LogP contribution < -0.4 is 15.6 Å². The summed E-state index contributed by atoms with van der Waals surface area (Å²) in [7, 11) is 0. The van der Waals surface area contributed by atoms with Crippen LogP contribution in [0.15, 0.2) is 47.3 Å². The predicted octanol–water partition coefficient (Wildman–Crippen LogP) is 5.63. The zero-order valence-corrected chi connectivity index (χ0v) is 22.5. The summed E-state index contributed by atoms with van der Waals surface area (Å²) < 4.78 is 21.2. The molecule has 0 saturated carbocycles. The molecule has 1 aliphatic rings. The Morgan fingerprint density at radius 3 is 2.54 bits per heavy atom. The highest BCUT2D eigenvalue weighted by molar-refractivity contribution is 6.31. The van der Waals surface area contributed by atoms with Crippen molar-refractivity contribution in [3.8, 4) is 17.0 Å². The van der Waals surface area contributed by atoms with Crippen LogP contribution in [0.5, 0.6) is 5.75 Å². The molecule has 2 heterocycles. The molecule has 6 nitrogen and oxygen atoms in total. The standard InChI is InChI=1S/C29H35ClFN3O3/c1-29(2,3)32-27(35)19-34-26(21-9-11-25(31)24(30)16-21)17-20-8-10-22(18-23(20)28(34)36)37-15-7-14-33-12-5-4-6-13-33/h8-11,16-18H,4-7,12-15,19H2,1-3H3,(H,32,35). The van der Waals surface area contributed by atoms with Crippen LogP contribution in [0.3, 0.4) is 0 Å². The Morgan fingerprint density at radius 1 is 1.08 bits per heavy atom. The molecule has 0 atom stereocenters. The summed E-state index contributed by atoms with van der Waals surface area (Å²) in [5.74, 6) is -0.229. The number of hydrogen-bond acceptors (Lipinski definition) is 4. The van der Waals surface area contributed by atoms with Crippen molar-refractivity contribution in [2.75, 3.05) is 26.2 Å². The Labute approximate surface area is 222 Å². The van der Waals surface area contributed by atoms with E-state index < -0.39 is 11.4 Å². The number of halogens is 2. The van der Waals surface area contributed by atoms with Crippen LogP contribution in [0.2, 0.25) is 5.02 Å². The minimum absolute atomic E-state index is 0.0518. The van der Waals surface area contributed by atoms with Gasteiger partial charge in [-0.1, -0.05) is 24.1 Å². The molecule has 1 saturated heterocycles. The van der Waals surface area contributed by atoms with E-state index in [2.05, 4.69) is 10.2 Å². The molecule has 0 aliphatic carbocycles.